The lowest BCUT2D eigenvalue weighted by Gasteiger charge is -2.25. The van der Waals surface area contributed by atoms with Crippen molar-refractivity contribution in [2.24, 2.45) is 0 Å². The fourth-order valence-corrected chi connectivity index (χ4v) is 1.61. The van der Waals surface area contributed by atoms with E-state index in [1.165, 1.54) is 31.2 Å². The molecule has 0 aliphatic carbocycles. The van der Waals surface area contributed by atoms with Gasteiger partial charge >= 0.3 is 12.1 Å². The molecule has 3 nitrogen and oxygen atoms in total. The molecule has 0 radical (unpaired) electrons. The van der Waals surface area contributed by atoms with Crippen LogP contribution in [0.5, 0.6) is 0 Å². The second-order valence-electron chi connectivity index (χ2n) is 4.03. The minimum absolute atomic E-state index is 0.0612. The number of hydrogen-bond acceptors (Lipinski definition) is 3. The number of halogens is 3. The van der Waals surface area contributed by atoms with E-state index in [-0.39, 0.29) is 12.2 Å². The predicted molar refractivity (Wildman–Crippen MR) is 64.5 cm³/mol. The topological polar surface area (TPSA) is 38.3 Å². The number of alkyl halides is 3. The average molecular weight is 275 g/mol. The van der Waals surface area contributed by atoms with Gasteiger partial charge in [0, 0.05) is 0 Å². The summed E-state index contributed by atoms with van der Waals surface area (Å²) in [6, 6.07) is 4.47. The molecule has 1 aromatic carbocycles. The molecule has 0 aliphatic rings. The Labute approximate surface area is 109 Å². The Bertz CT molecular complexity index is 406. The third-order valence-electron chi connectivity index (χ3n) is 2.52. The monoisotopic (exact) mass is 275 g/mol. The first-order valence-electron chi connectivity index (χ1n) is 5.90. The summed E-state index contributed by atoms with van der Waals surface area (Å²) in [5.41, 5.74) is 0.0612. The van der Waals surface area contributed by atoms with Crippen molar-refractivity contribution < 1.29 is 22.7 Å². The summed E-state index contributed by atoms with van der Waals surface area (Å²) in [5.74, 6) is -0.701. The minimum atomic E-state index is -4.48. The molecule has 1 rings (SSSR count). The van der Waals surface area contributed by atoms with Crippen molar-refractivity contribution in [2.75, 3.05) is 6.61 Å². The first kappa shape index (κ1) is 15.5. The van der Waals surface area contributed by atoms with Crippen LogP contribution in [0.2, 0.25) is 0 Å². The van der Waals surface area contributed by atoms with Gasteiger partial charge in [-0.25, -0.2) is 0 Å². The van der Waals surface area contributed by atoms with Gasteiger partial charge in [0.05, 0.1) is 6.61 Å². The zero-order valence-electron chi connectivity index (χ0n) is 10.7. The standard InChI is InChI=1S/C13H16F3NO2/c1-3-19-12(18)9(2)17-11(13(14,15)16)10-7-5-4-6-8-10/h4-9,11,17H,3H2,1-2H3. The maximum Gasteiger partial charge on any atom is 0.407 e. The van der Waals surface area contributed by atoms with Crippen LogP contribution in [-0.4, -0.2) is 24.8 Å². The molecule has 0 saturated carbocycles. The summed E-state index contributed by atoms with van der Waals surface area (Å²) in [4.78, 5) is 11.4. The van der Waals surface area contributed by atoms with Crippen LogP contribution >= 0.6 is 0 Å². The van der Waals surface area contributed by atoms with Crippen molar-refractivity contribution >= 4 is 5.97 Å². The van der Waals surface area contributed by atoms with Crippen LogP contribution in [0.3, 0.4) is 0 Å². The maximum absolute atomic E-state index is 13.0. The highest BCUT2D eigenvalue weighted by Crippen LogP contribution is 2.32. The largest absolute Gasteiger partial charge is 0.465 e. The second-order valence-corrected chi connectivity index (χ2v) is 4.03. The van der Waals surface area contributed by atoms with E-state index < -0.39 is 24.2 Å². The van der Waals surface area contributed by atoms with Gasteiger partial charge in [-0.1, -0.05) is 30.3 Å². The molecule has 2 atom stereocenters. The number of hydrogen-bond donors (Lipinski definition) is 1. The smallest absolute Gasteiger partial charge is 0.407 e. The molecule has 1 aromatic rings. The minimum Gasteiger partial charge on any atom is -0.465 e. The zero-order valence-corrected chi connectivity index (χ0v) is 10.7. The Morgan fingerprint density at radius 1 is 1.32 bits per heavy atom. The number of rotatable bonds is 5. The van der Waals surface area contributed by atoms with Gasteiger partial charge in [0.2, 0.25) is 0 Å². The van der Waals surface area contributed by atoms with Gasteiger partial charge in [-0.15, -0.1) is 0 Å². The second kappa shape index (κ2) is 6.56. The van der Waals surface area contributed by atoms with Crippen LogP contribution in [0.25, 0.3) is 0 Å². The molecule has 2 unspecified atom stereocenters. The van der Waals surface area contributed by atoms with Crippen LogP contribution in [-0.2, 0) is 9.53 Å². The van der Waals surface area contributed by atoms with Crippen LogP contribution in [0, 0.1) is 0 Å². The quantitative estimate of drug-likeness (QED) is 0.840. The number of esters is 1. The zero-order chi connectivity index (χ0) is 14.5. The summed E-state index contributed by atoms with van der Waals surface area (Å²) in [7, 11) is 0. The number of ether oxygens (including phenoxy) is 1. The van der Waals surface area contributed by atoms with Crippen molar-refractivity contribution in [1.82, 2.24) is 5.32 Å². The molecular formula is C13H16F3NO2. The van der Waals surface area contributed by atoms with E-state index in [2.05, 4.69) is 10.1 Å². The summed E-state index contributed by atoms with van der Waals surface area (Å²) in [5, 5.41) is 2.26. The van der Waals surface area contributed by atoms with E-state index in [0.29, 0.717) is 0 Å². The lowest BCUT2D eigenvalue weighted by Crippen LogP contribution is -2.43. The Morgan fingerprint density at radius 3 is 2.37 bits per heavy atom. The number of benzene rings is 1. The van der Waals surface area contributed by atoms with Gasteiger partial charge < -0.3 is 4.74 Å². The Morgan fingerprint density at radius 2 is 1.89 bits per heavy atom. The van der Waals surface area contributed by atoms with Crippen molar-refractivity contribution in [1.29, 1.82) is 0 Å². The van der Waals surface area contributed by atoms with Crippen molar-refractivity contribution in [3.8, 4) is 0 Å². The fourth-order valence-electron chi connectivity index (χ4n) is 1.61. The summed E-state index contributed by atoms with van der Waals surface area (Å²) in [6.45, 7) is 3.08. The number of carbonyl (C=O) groups excluding carboxylic acids is 1. The molecule has 0 aliphatic heterocycles. The molecule has 19 heavy (non-hydrogen) atoms. The highest BCUT2D eigenvalue weighted by molar-refractivity contribution is 5.75. The molecule has 0 saturated heterocycles. The third kappa shape index (κ3) is 4.55. The fraction of sp³-hybridized carbons (Fsp3) is 0.462. The molecular weight excluding hydrogens is 259 g/mol. The SMILES string of the molecule is CCOC(=O)C(C)NC(c1ccccc1)C(F)(F)F. The van der Waals surface area contributed by atoms with E-state index >= 15 is 0 Å². The van der Waals surface area contributed by atoms with Gasteiger partial charge in [-0.2, -0.15) is 13.2 Å². The molecule has 1 N–H and O–H groups in total. The average Bonchev–Trinajstić information content (AvgIpc) is 2.35. The van der Waals surface area contributed by atoms with E-state index in [0.717, 1.165) is 0 Å². The normalized spacial score (nSPS) is 14.8. The van der Waals surface area contributed by atoms with Gasteiger partial charge in [-0.05, 0) is 19.4 Å². The highest BCUT2D eigenvalue weighted by Gasteiger charge is 2.42. The highest BCUT2D eigenvalue weighted by atomic mass is 19.4. The van der Waals surface area contributed by atoms with E-state index in [1.807, 2.05) is 0 Å². The Balaban J connectivity index is 2.86. The van der Waals surface area contributed by atoms with Gasteiger partial charge in [0.1, 0.15) is 12.1 Å². The molecule has 6 heteroatoms. The lowest BCUT2D eigenvalue weighted by atomic mass is 10.1. The first-order valence-corrected chi connectivity index (χ1v) is 5.90. The molecule has 106 valence electrons. The van der Waals surface area contributed by atoms with Crippen LogP contribution in [0.1, 0.15) is 25.5 Å². The van der Waals surface area contributed by atoms with E-state index in [1.54, 1.807) is 13.0 Å². The van der Waals surface area contributed by atoms with Crippen LogP contribution in [0.15, 0.2) is 30.3 Å². The van der Waals surface area contributed by atoms with Crippen molar-refractivity contribution in [3.05, 3.63) is 35.9 Å². The Hall–Kier alpha value is -1.56. The van der Waals surface area contributed by atoms with Crippen molar-refractivity contribution in [2.45, 2.75) is 32.1 Å². The van der Waals surface area contributed by atoms with E-state index in [4.69, 9.17) is 0 Å². The first-order chi connectivity index (χ1) is 8.86. The molecule has 0 fully saturated rings. The third-order valence-corrected chi connectivity index (χ3v) is 2.52. The van der Waals surface area contributed by atoms with Gasteiger partial charge in [-0.3, -0.25) is 10.1 Å². The molecule has 0 aromatic heterocycles. The number of carbonyl (C=O) groups is 1. The van der Waals surface area contributed by atoms with Gasteiger partial charge in [0.15, 0.2) is 0 Å². The predicted octanol–water partition coefficient (Wildman–Crippen LogP) is 2.83. The number of nitrogens with one attached hydrogen (secondary N) is 1. The Kier molecular flexibility index (Phi) is 5.35. The van der Waals surface area contributed by atoms with Crippen LogP contribution < -0.4 is 5.32 Å². The summed E-state index contributed by atoms with van der Waals surface area (Å²) in [6.07, 6.45) is -4.48. The van der Waals surface area contributed by atoms with Crippen molar-refractivity contribution in [3.63, 3.8) is 0 Å². The molecule has 0 heterocycles. The molecule has 0 amide bonds. The van der Waals surface area contributed by atoms with Crippen LogP contribution in [0.4, 0.5) is 13.2 Å². The molecule has 0 spiro atoms. The lowest BCUT2D eigenvalue weighted by molar-refractivity contribution is -0.164. The summed E-state index contributed by atoms with van der Waals surface area (Å²) >= 11 is 0. The van der Waals surface area contributed by atoms with Gasteiger partial charge in [0.25, 0.3) is 0 Å². The molecule has 0 bridgehead atoms. The summed E-state index contributed by atoms with van der Waals surface area (Å²) < 4.78 is 43.7. The maximum atomic E-state index is 13.0. The van der Waals surface area contributed by atoms with E-state index in [9.17, 15) is 18.0 Å².